The van der Waals surface area contributed by atoms with Gasteiger partial charge in [-0.1, -0.05) is 0 Å². The number of carbonyl (C=O) groups is 1. The molecule has 5 rings (SSSR count). The van der Waals surface area contributed by atoms with E-state index in [1.165, 1.54) is 23.4 Å². The highest BCUT2D eigenvalue weighted by Gasteiger charge is 2.32. The molecule has 1 aliphatic heterocycles. The van der Waals surface area contributed by atoms with Gasteiger partial charge in [-0.3, -0.25) is 4.79 Å². The molecule has 1 atom stereocenters. The molecule has 3 heterocycles. The zero-order chi connectivity index (χ0) is 22.2. The van der Waals surface area contributed by atoms with Crippen LogP contribution in [-0.2, 0) is 24.1 Å². The molecule has 2 aromatic heterocycles. The number of hydrogen-bond donors (Lipinski definition) is 1. The third-order valence-corrected chi connectivity index (χ3v) is 6.48. The molecule has 1 saturated heterocycles. The minimum Gasteiger partial charge on any atom is -0.354 e. The summed E-state index contributed by atoms with van der Waals surface area (Å²) in [4.78, 5) is 33.4. The molecule has 1 unspecified atom stereocenters. The van der Waals surface area contributed by atoms with E-state index < -0.39 is 0 Å². The van der Waals surface area contributed by atoms with Gasteiger partial charge in [0, 0.05) is 36.3 Å². The molecule has 0 spiro atoms. The van der Waals surface area contributed by atoms with Crippen molar-refractivity contribution >= 4 is 22.8 Å². The van der Waals surface area contributed by atoms with Crippen molar-refractivity contribution in [3.63, 3.8) is 0 Å². The molecule has 1 fully saturated rings. The zero-order valence-electron chi connectivity index (χ0n) is 18.5. The summed E-state index contributed by atoms with van der Waals surface area (Å²) in [5.41, 5.74) is 4.93. The first-order valence-corrected chi connectivity index (χ1v) is 11.3. The van der Waals surface area contributed by atoms with Crippen LogP contribution in [0.1, 0.15) is 47.7 Å². The summed E-state index contributed by atoms with van der Waals surface area (Å²) in [6, 6.07) is 4.20. The van der Waals surface area contributed by atoms with Gasteiger partial charge < -0.3 is 10.2 Å². The molecule has 7 nitrogen and oxygen atoms in total. The largest absolute Gasteiger partial charge is 0.354 e. The molecule has 0 radical (unpaired) electrons. The van der Waals surface area contributed by atoms with E-state index in [0.29, 0.717) is 35.5 Å². The lowest BCUT2D eigenvalue weighted by atomic mass is 10.2. The van der Waals surface area contributed by atoms with Crippen LogP contribution in [0, 0.1) is 19.7 Å². The maximum absolute atomic E-state index is 13.6. The summed E-state index contributed by atoms with van der Waals surface area (Å²) >= 11 is 0. The van der Waals surface area contributed by atoms with Gasteiger partial charge in [-0.15, -0.1) is 0 Å². The lowest BCUT2D eigenvalue weighted by molar-refractivity contribution is -0.122. The number of nitrogens with zero attached hydrogens (tertiary/aromatic N) is 5. The minimum absolute atomic E-state index is 0.0270. The van der Waals surface area contributed by atoms with Crippen LogP contribution in [0.15, 0.2) is 18.2 Å². The van der Waals surface area contributed by atoms with E-state index in [1.807, 2.05) is 18.7 Å². The molecular weight excluding hydrogens is 407 g/mol. The standard InChI is InChI=1S/C24H27FN6O/c1-14-17-5-3-6-19(17)29-22(27-14)10-11-26-23(32)21-7-4-12-31(21)24-28-15(2)18-13-16(25)8-9-20(18)30-24/h8-9,13,21H,3-7,10-12H2,1-2H3,(H,26,32). The number of carbonyl (C=O) groups excluding carboxylic acids is 1. The normalized spacial score (nSPS) is 17.7. The highest BCUT2D eigenvalue weighted by atomic mass is 19.1. The number of anilines is 1. The van der Waals surface area contributed by atoms with Crippen molar-refractivity contribution in [3.05, 3.63) is 52.5 Å². The number of aryl methyl sites for hydroxylation is 3. The minimum atomic E-state index is -0.310. The number of halogens is 1. The number of aromatic nitrogens is 4. The number of fused-ring (bicyclic) bond motifs is 2. The van der Waals surface area contributed by atoms with E-state index in [0.717, 1.165) is 50.2 Å². The highest BCUT2D eigenvalue weighted by Crippen LogP contribution is 2.26. The molecule has 32 heavy (non-hydrogen) atoms. The van der Waals surface area contributed by atoms with E-state index in [4.69, 9.17) is 4.98 Å². The zero-order valence-corrected chi connectivity index (χ0v) is 18.5. The van der Waals surface area contributed by atoms with E-state index in [2.05, 4.69) is 20.3 Å². The van der Waals surface area contributed by atoms with Crippen molar-refractivity contribution in [1.29, 1.82) is 0 Å². The average Bonchev–Trinajstić information content (AvgIpc) is 3.44. The molecule has 1 aliphatic carbocycles. The van der Waals surface area contributed by atoms with E-state index in [-0.39, 0.29) is 17.8 Å². The van der Waals surface area contributed by atoms with Crippen molar-refractivity contribution in [2.75, 3.05) is 18.0 Å². The number of amides is 1. The predicted molar refractivity (Wildman–Crippen MR) is 120 cm³/mol. The van der Waals surface area contributed by atoms with Crippen molar-refractivity contribution in [2.24, 2.45) is 0 Å². The van der Waals surface area contributed by atoms with Crippen LogP contribution in [0.4, 0.5) is 10.3 Å². The monoisotopic (exact) mass is 434 g/mol. The Bertz CT molecular complexity index is 1200. The lowest BCUT2D eigenvalue weighted by Gasteiger charge is -2.24. The Morgan fingerprint density at radius 3 is 2.88 bits per heavy atom. The Labute approximate surface area is 186 Å². The molecule has 1 amide bonds. The first kappa shape index (κ1) is 20.7. The fourth-order valence-electron chi connectivity index (χ4n) is 4.86. The van der Waals surface area contributed by atoms with Gasteiger partial charge in [-0.2, -0.15) is 0 Å². The second kappa shape index (κ2) is 8.41. The van der Waals surface area contributed by atoms with Gasteiger partial charge in [-0.05, 0) is 69.7 Å². The van der Waals surface area contributed by atoms with Crippen molar-refractivity contribution in [3.8, 4) is 0 Å². The molecule has 1 N–H and O–H groups in total. The summed E-state index contributed by atoms with van der Waals surface area (Å²) in [5.74, 6) is 0.989. The van der Waals surface area contributed by atoms with Crippen LogP contribution >= 0.6 is 0 Å². The Balaban J connectivity index is 1.27. The smallest absolute Gasteiger partial charge is 0.242 e. The third-order valence-electron chi connectivity index (χ3n) is 6.48. The van der Waals surface area contributed by atoms with Gasteiger partial charge in [-0.25, -0.2) is 24.3 Å². The van der Waals surface area contributed by atoms with Crippen molar-refractivity contribution in [1.82, 2.24) is 25.3 Å². The average molecular weight is 435 g/mol. The Hall–Kier alpha value is -3.16. The topological polar surface area (TPSA) is 83.9 Å². The van der Waals surface area contributed by atoms with Crippen LogP contribution in [0.2, 0.25) is 0 Å². The number of benzene rings is 1. The van der Waals surface area contributed by atoms with E-state index in [9.17, 15) is 9.18 Å². The van der Waals surface area contributed by atoms with Gasteiger partial charge in [0.05, 0.1) is 11.2 Å². The molecular formula is C24H27FN6O. The first-order chi connectivity index (χ1) is 15.5. The summed E-state index contributed by atoms with van der Waals surface area (Å²) in [5, 5.41) is 3.75. The molecule has 166 valence electrons. The SMILES string of the molecule is Cc1nc(CCNC(=O)C2CCCN2c2nc(C)c3cc(F)ccc3n2)nc2c1CCC2. The second-order valence-corrected chi connectivity index (χ2v) is 8.67. The predicted octanol–water partition coefficient (Wildman–Crippen LogP) is 2.99. The van der Waals surface area contributed by atoms with Gasteiger partial charge in [0.1, 0.15) is 17.7 Å². The Morgan fingerprint density at radius 1 is 1.12 bits per heavy atom. The van der Waals surface area contributed by atoms with Gasteiger partial charge in [0.15, 0.2) is 0 Å². The maximum atomic E-state index is 13.6. The maximum Gasteiger partial charge on any atom is 0.242 e. The molecule has 3 aromatic rings. The summed E-state index contributed by atoms with van der Waals surface area (Å²) < 4.78 is 13.6. The quantitative estimate of drug-likeness (QED) is 0.665. The van der Waals surface area contributed by atoms with Crippen LogP contribution in [0.5, 0.6) is 0 Å². The van der Waals surface area contributed by atoms with Crippen LogP contribution in [-0.4, -0.2) is 45.0 Å². The number of rotatable bonds is 5. The van der Waals surface area contributed by atoms with Gasteiger partial charge >= 0.3 is 0 Å². The van der Waals surface area contributed by atoms with E-state index in [1.54, 1.807) is 6.07 Å². The van der Waals surface area contributed by atoms with Crippen LogP contribution in [0.25, 0.3) is 10.9 Å². The van der Waals surface area contributed by atoms with Crippen LogP contribution < -0.4 is 10.2 Å². The van der Waals surface area contributed by atoms with Crippen molar-refractivity contribution < 1.29 is 9.18 Å². The summed E-state index contributed by atoms with van der Waals surface area (Å²) in [6.07, 6.45) is 5.50. The Kier molecular flexibility index (Phi) is 5.45. The third kappa shape index (κ3) is 3.89. The summed E-state index contributed by atoms with van der Waals surface area (Å²) in [7, 11) is 0. The van der Waals surface area contributed by atoms with Gasteiger partial charge in [0.25, 0.3) is 0 Å². The van der Waals surface area contributed by atoms with Crippen LogP contribution in [0.3, 0.4) is 0 Å². The van der Waals surface area contributed by atoms with E-state index >= 15 is 0 Å². The lowest BCUT2D eigenvalue weighted by Crippen LogP contribution is -2.44. The highest BCUT2D eigenvalue weighted by molar-refractivity contribution is 5.86. The molecule has 8 heteroatoms. The molecule has 0 saturated carbocycles. The fraction of sp³-hybridized carbons (Fsp3) is 0.458. The number of hydrogen-bond acceptors (Lipinski definition) is 6. The fourth-order valence-corrected chi connectivity index (χ4v) is 4.86. The van der Waals surface area contributed by atoms with Gasteiger partial charge in [0.2, 0.25) is 11.9 Å². The second-order valence-electron chi connectivity index (χ2n) is 8.67. The molecule has 2 aliphatic rings. The number of nitrogens with one attached hydrogen (secondary N) is 1. The summed E-state index contributed by atoms with van der Waals surface area (Å²) in [6.45, 7) is 5.11. The van der Waals surface area contributed by atoms with Crippen molar-refractivity contribution in [2.45, 2.75) is 58.4 Å². The molecule has 1 aromatic carbocycles. The Morgan fingerprint density at radius 2 is 2.00 bits per heavy atom. The first-order valence-electron chi connectivity index (χ1n) is 11.3. The molecule has 0 bridgehead atoms.